The summed E-state index contributed by atoms with van der Waals surface area (Å²) >= 11 is 0. The molecule has 2 aromatic carbocycles. The number of hydrogen-bond acceptors (Lipinski definition) is 5. The van der Waals surface area contributed by atoms with E-state index in [1.165, 1.54) is 41.2 Å². The summed E-state index contributed by atoms with van der Waals surface area (Å²) in [6.07, 6.45) is 4.78. The van der Waals surface area contributed by atoms with E-state index in [0.717, 1.165) is 0 Å². The summed E-state index contributed by atoms with van der Waals surface area (Å²) in [5, 5.41) is 9.55. The van der Waals surface area contributed by atoms with E-state index >= 15 is 0 Å². The fourth-order valence-electron chi connectivity index (χ4n) is 3.39. The molecular formula is C25H22FN5O4. The van der Waals surface area contributed by atoms with Crippen LogP contribution in [0.1, 0.15) is 27.6 Å². The van der Waals surface area contributed by atoms with Crippen LogP contribution >= 0.6 is 0 Å². The van der Waals surface area contributed by atoms with Crippen molar-refractivity contribution >= 4 is 23.5 Å². The molecule has 0 saturated heterocycles. The van der Waals surface area contributed by atoms with Crippen LogP contribution < -0.4 is 10.6 Å². The normalized spacial score (nSPS) is 10.6. The maximum Gasteiger partial charge on any atom is 0.344 e. The Hall–Kier alpha value is -4.73. The molecule has 178 valence electrons. The first-order valence-corrected chi connectivity index (χ1v) is 10.8. The lowest BCUT2D eigenvalue weighted by Gasteiger charge is -2.11. The van der Waals surface area contributed by atoms with Gasteiger partial charge in [0.05, 0.1) is 11.9 Å². The molecule has 2 aromatic heterocycles. The highest BCUT2D eigenvalue weighted by atomic mass is 19.1. The minimum absolute atomic E-state index is 0.122. The third kappa shape index (κ3) is 5.44. The second-order valence-corrected chi connectivity index (χ2v) is 7.42. The second-order valence-electron chi connectivity index (χ2n) is 7.42. The van der Waals surface area contributed by atoms with Crippen molar-refractivity contribution in [2.45, 2.75) is 6.92 Å². The molecule has 0 aliphatic carbocycles. The van der Waals surface area contributed by atoms with Gasteiger partial charge in [-0.05, 0) is 61.5 Å². The highest BCUT2D eigenvalue weighted by Gasteiger charge is 2.22. The quantitative estimate of drug-likeness (QED) is 0.380. The zero-order chi connectivity index (χ0) is 24.8. The monoisotopic (exact) mass is 475 g/mol. The van der Waals surface area contributed by atoms with Gasteiger partial charge in [-0.25, -0.2) is 13.9 Å². The number of ether oxygens (including phenoxy) is 1. The Bertz CT molecular complexity index is 1350. The van der Waals surface area contributed by atoms with Crippen LogP contribution in [0.25, 0.3) is 11.5 Å². The van der Waals surface area contributed by atoms with E-state index in [1.807, 2.05) is 6.92 Å². The third-order valence-corrected chi connectivity index (χ3v) is 4.96. The Morgan fingerprint density at radius 2 is 1.77 bits per heavy atom. The molecule has 2 heterocycles. The molecule has 0 radical (unpaired) electrons. The van der Waals surface area contributed by atoms with Gasteiger partial charge < -0.3 is 19.9 Å². The van der Waals surface area contributed by atoms with Crippen LogP contribution in [0.2, 0.25) is 0 Å². The predicted octanol–water partition coefficient (Wildman–Crippen LogP) is 3.35. The Morgan fingerprint density at radius 1 is 1.03 bits per heavy atom. The van der Waals surface area contributed by atoms with E-state index in [0.29, 0.717) is 29.3 Å². The minimum atomic E-state index is -0.756. The van der Waals surface area contributed by atoms with Gasteiger partial charge in [0.25, 0.3) is 11.8 Å². The van der Waals surface area contributed by atoms with Gasteiger partial charge in [0.1, 0.15) is 11.4 Å². The largest absolute Gasteiger partial charge is 0.452 e. The van der Waals surface area contributed by atoms with Crippen LogP contribution in [0.3, 0.4) is 0 Å². The summed E-state index contributed by atoms with van der Waals surface area (Å²) in [7, 11) is 0. The van der Waals surface area contributed by atoms with E-state index in [9.17, 15) is 18.8 Å². The highest BCUT2D eigenvalue weighted by Crippen LogP contribution is 2.21. The van der Waals surface area contributed by atoms with Crippen LogP contribution in [-0.2, 0) is 9.53 Å². The predicted molar refractivity (Wildman–Crippen MR) is 126 cm³/mol. The molecule has 0 bridgehead atoms. The fourth-order valence-corrected chi connectivity index (χ4v) is 3.39. The van der Waals surface area contributed by atoms with Crippen molar-refractivity contribution in [3.8, 4) is 11.5 Å². The molecule has 10 heteroatoms. The van der Waals surface area contributed by atoms with Crippen LogP contribution in [0.5, 0.6) is 0 Å². The van der Waals surface area contributed by atoms with Gasteiger partial charge >= 0.3 is 5.97 Å². The highest BCUT2D eigenvalue weighted by molar-refractivity contribution is 5.99. The van der Waals surface area contributed by atoms with Crippen molar-refractivity contribution in [1.29, 1.82) is 0 Å². The SMILES string of the molecule is CCNC(=O)c1cccc(NC(=O)COC(=O)c2cnn(-c3ccc(F)cc3)c2-n2cccc2)c1. The molecule has 0 atom stereocenters. The van der Waals surface area contributed by atoms with E-state index in [2.05, 4.69) is 15.7 Å². The van der Waals surface area contributed by atoms with Gasteiger partial charge in [0.15, 0.2) is 12.4 Å². The summed E-state index contributed by atoms with van der Waals surface area (Å²) in [6.45, 7) is 1.74. The van der Waals surface area contributed by atoms with E-state index in [4.69, 9.17) is 4.74 Å². The van der Waals surface area contributed by atoms with Crippen molar-refractivity contribution in [3.63, 3.8) is 0 Å². The van der Waals surface area contributed by atoms with Crippen LogP contribution in [-0.4, -0.2) is 45.3 Å². The third-order valence-electron chi connectivity index (χ3n) is 4.96. The number of halogens is 1. The number of amides is 2. The second kappa shape index (κ2) is 10.5. The lowest BCUT2D eigenvalue weighted by Crippen LogP contribution is -2.23. The lowest BCUT2D eigenvalue weighted by atomic mass is 10.2. The average Bonchev–Trinajstić information content (AvgIpc) is 3.53. The van der Waals surface area contributed by atoms with Gasteiger partial charge in [-0.1, -0.05) is 6.07 Å². The minimum Gasteiger partial charge on any atom is -0.452 e. The van der Waals surface area contributed by atoms with E-state index in [1.54, 1.807) is 47.3 Å². The lowest BCUT2D eigenvalue weighted by molar-refractivity contribution is -0.119. The summed E-state index contributed by atoms with van der Waals surface area (Å²) in [5.74, 6) is -1.61. The topological polar surface area (TPSA) is 107 Å². The summed E-state index contributed by atoms with van der Waals surface area (Å²) in [5.41, 5.74) is 1.45. The van der Waals surface area contributed by atoms with Crippen LogP contribution in [0.4, 0.5) is 10.1 Å². The molecule has 0 fully saturated rings. The molecule has 0 aliphatic heterocycles. The number of nitrogens with zero attached hydrogens (tertiary/aromatic N) is 3. The zero-order valence-corrected chi connectivity index (χ0v) is 18.8. The van der Waals surface area contributed by atoms with Crippen molar-refractivity contribution in [2.75, 3.05) is 18.5 Å². The molecule has 2 N–H and O–H groups in total. The molecule has 9 nitrogen and oxygen atoms in total. The van der Waals surface area contributed by atoms with Gasteiger partial charge in [-0.15, -0.1) is 0 Å². The number of rotatable bonds is 8. The molecule has 4 aromatic rings. The number of carbonyl (C=O) groups excluding carboxylic acids is 3. The number of hydrogen-bond donors (Lipinski definition) is 2. The average molecular weight is 475 g/mol. The van der Waals surface area contributed by atoms with E-state index in [-0.39, 0.29) is 11.5 Å². The number of nitrogens with one attached hydrogen (secondary N) is 2. The number of aromatic nitrogens is 3. The first-order chi connectivity index (χ1) is 17.0. The number of esters is 1. The zero-order valence-electron chi connectivity index (χ0n) is 18.8. The molecule has 0 unspecified atom stereocenters. The first-order valence-electron chi connectivity index (χ1n) is 10.8. The molecule has 0 saturated carbocycles. The molecule has 2 amide bonds. The van der Waals surface area contributed by atoms with Crippen molar-refractivity contribution in [2.24, 2.45) is 0 Å². The molecule has 35 heavy (non-hydrogen) atoms. The Balaban J connectivity index is 1.48. The van der Waals surface area contributed by atoms with Crippen molar-refractivity contribution in [1.82, 2.24) is 19.7 Å². The summed E-state index contributed by atoms with van der Waals surface area (Å²) in [4.78, 5) is 37.2. The van der Waals surface area contributed by atoms with E-state index < -0.39 is 24.3 Å². The summed E-state index contributed by atoms with van der Waals surface area (Å²) in [6, 6.07) is 15.6. The number of carbonyl (C=O) groups is 3. The summed E-state index contributed by atoms with van der Waals surface area (Å²) < 4.78 is 21.7. The maximum atomic E-state index is 13.4. The Kier molecular flexibility index (Phi) is 7.01. The molecular weight excluding hydrogens is 453 g/mol. The first kappa shape index (κ1) is 23.4. The fraction of sp³-hybridized carbons (Fsp3) is 0.120. The Labute approximate surface area is 200 Å². The Morgan fingerprint density at radius 3 is 2.49 bits per heavy atom. The van der Waals surface area contributed by atoms with Crippen molar-refractivity contribution < 1.29 is 23.5 Å². The van der Waals surface area contributed by atoms with Gasteiger partial charge in [-0.3, -0.25) is 9.59 Å². The standard InChI is InChI=1S/C25H22FN5O4/c1-2-27-23(33)17-6-5-7-19(14-17)29-22(32)16-35-25(34)21-15-28-31(20-10-8-18(26)9-11-20)24(21)30-12-3-4-13-30/h3-15H,2,16H2,1H3,(H,27,33)(H,29,32). The number of anilines is 1. The molecule has 4 rings (SSSR count). The smallest absolute Gasteiger partial charge is 0.344 e. The van der Waals surface area contributed by atoms with Crippen LogP contribution in [0, 0.1) is 5.82 Å². The molecule has 0 spiro atoms. The van der Waals surface area contributed by atoms with Gasteiger partial charge in [0.2, 0.25) is 0 Å². The van der Waals surface area contributed by atoms with Crippen LogP contribution in [0.15, 0.2) is 79.3 Å². The van der Waals surface area contributed by atoms with Gasteiger partial charge in [-0.2, -0.15) is 5.10 Å². The van der Waals surface area contributed by atoms with Crippen molar-refractivity contribution in [3.05, 3.63) is 96.2 Å². The number of benzene rings is 2. The van der Waals surface area contributed by atoms with Gasteiger partial charge in [0, 0.05) is 30.2 Å². The molecule has 0 aliphatic rings. The maximum absolute atomic E-state index is 13.4.